The maximum Gasteiger partial charge on any atom is 0.326 e. The average Bonchev–Trinajstić information content (AvgIpc) is 2.46. The summed E-state index contributed by atoms with van der Waals surface area (Å²) < 4.78 is 0. The molecule has 0 aliphatic carbocycles. The monoisotopic (exact) mass is 187 g/mol. The van der Waals surface area contributed by atoms with Crippen molar-refractivity contribution in [3.8, 4) is 0 Å². The van der Waals surface area contributed by atoms with Gasteiger partial charge >= 0.3 is 5.97 Å². The first-order valence-electron chi connectivity index (χ1n) is 4.26. The molecule has 1 amide bonds. The van der Waals surface area contributed by atoms with Crippen LogP contribution in [0.4, 0.5) is 0 Å². The number of hydrogen-bond acceptors (Lipinski definition) is 3. The highest BCUT2D eigenvalue weighted by Gasteiger charge is 2.37. The Morgan fingerprint density at radius 2 is 2.15 bits per heavy atom. The molecule has 0 radical (unpaired) electrons. The number of β-amino-alcohol motifs (C(OH)–C–C–N with tert-alkyl or cyclic N) is 1. The summed E-state index contributed by atoms with van der Waals surface area (Å²) in [4.78, 5) is 23.1. The number of carbonyl (C=O) groups excluding carboxylic acids is 1. The van der Waals surface area contributed by atoms with E-state index in [2.05, 4.69) is 0 Å². The van der Waals surface area contributed by atoms with Gasteiger partial charge in [0, 0.05) is 19.4 Å². The minimum Gasteiger partial charge on any atom is -0.480 e. The summed E-state index contributed by atoms with van der Waals surface area (Å²) >= 11 is 0. The summed E-state index contributed by atoms with van der Waals surface area (Å²) in [5.74, 6) is -1.26. The van der Waals surface area contributed by atoms with Gasteiger partial charge in [-0.3, -0.25) is 4.79 Å². The van der Waals surface area contributed by atoms with Crippen LogP contribution in [0, 0.1) is 0 Å². The van der Waals surface area contributed by atoms with Crippen LogP contribution in [-0.2, 0) is 9.59 Å². The van der Waals surface area contributed by atoms with E-state index in [0.717, 1.165) is 0 Å². The number of carboxylic acids is 1. The third-order valence-electron chi connectivity index (χ3n) is 2.19. The molecule has 0 aromatic carbocycles. The Labute approximate surface area is 76.0 Å². The van der Waals surface area contributed by atoms with Crippen molar-refractivity contribution in [3.63, 3.8) is 0 Å². The molecule has 0 saturated carbocycles. The summed E-state index contributed by atoms with van der Waals surface area (Å²) in [6.45, 7) is 1.82. The summed E-state index contributed by atoms with van der Waals surface area (Å²) in [6, 6.07) is -0.845. The van der Waals surface area contributed by atoms with Gasteiger partial charge in [0.2, 0.25) is 5.91 Å². The molecule has 13 heavy (non-hydrogen) atoms. The van der Waals surface area contributed by atoms with Crippen molar-refractivity contribution < 1.29 is 19.8 Å². The van der Waals surface area contributed by atoms with Gasteiger partial charge < -0.3 is 15.1 Å². The van der Waals surface area contributed by atoms with E-state index in [4.69, 9.17) is 5.11 Å². The van der Waals surface area contributed by atoms with Crippen LogP contribution >= 0.6 is 0 Å². The van der Waals surface area contributed by atoms with Gasteiger partial charge in [0.05, 0.1) is 6.10 Å². The number of amides is 1. The van der Waals surface area contributed by atoms with E-state index in [-0.39, 0.29) is 25.3 Å². The number of aliphatic hydroxyl groups is 1. The van der Waals surface area contributed by atoms with Crippen LogP contribution in [0.3, 0.4) is 0 Å². The Hall–Kier alpha value is -1.10. The highest BCUT2D eigenvalue weighted by Crippen LogP contribution is 2.18. The fourth-order valence-electron chi connectivity index (χ4n) is 1.53. The molecule has 1 aliphatic rings. The van der Waals surface area contributed by atoms with Crippen LogP contribution in [0.25, 0.3) is 0 Å². The van der Waals surface area contributed by atoms with E-state index >= 15 is 0 Å². The van der Waals surface area contributed by atoms with E-state index < -0.39 is 18.1 Å². The molecule has 5 heteroatoms. The quantitative estimate of drug-likeness (QED) is 0.607. The third kappa shape index (κ3) is 1.98. The van der Waals surface area contributed by atoms with Crippen molar-refractivity contribution in [2.45, 2.75) is 31.9 Å². The van der Waals surface area contributed by atoms with Crippen LogP contribution in [0.2, 0.25) is 0 Å². The van der Waals surface area contributed by atoms with Crippen LogP contribution in [-0.4, -0.2) is 45.7 Å². The first-order valence-corrected chi connectivity index (χ1v) is 4.26. The summed E-state index contributed by atoms with van der Waals surface area (Å²) in [5.41, 5.74) is 0. The summed E-state index contributed by atoms with van der Waals surface area (Å²) in [5, 5.41) is 17.9. The lowest BCUT2D eigenvalue weighted by atomic mass is 10.2. The molecule has 0 aromatic heterocycles. The summed E-state index contributed by atoms with van der Waals surface area (Å²) in [6.07, 6.45) is -0.283. The van der Waals surface area contributed by atoms with Gasteiger partial charge in [-0.1, -0.05) is 6.92 Å². The molecule has 0 aromatic rings. The lowest BCUT2D eigenvalue weighted by molar-refractivity contribution is -0.148. The number of nitrogens with zero attached hydrogens (tertiary/aromatic N) is 1. The van der Waals surface area contributed by atoms with Crippen molar-refractivity contribution in [2.75, 3.05) is 6.54 Å². The van der Waals surface area contributed by atoms with Gasteiger partial charge in [-0.25, -0.2) is 4.79 Å². The molecule has 0 spiro atoms. The average molecular weight is 187 g/mol. The molecule has 1 fully saturated rings. The van der Waals surface area contributed by atoms with Gasteiger partial charge in [0.15, 0.2) is 0 Å². The highest BCUT2D eigenvalue weighted by molar-refractivity contribution is 5.84. The SMILES string of the molecule is CCC(=O)N1CC(O)C[C@H]1C(=O)O. The van der Waals surface area contributed by atoms with Crippen LogP contribution in [0.5, 0.6) is 0 Å². The minimum absolute atomic E-state index is 0.140. The van der Waals surface area contributed by atoms with Crippen molar-refractivity contribution >= 4 is 11.9 Å². The van der Waals surface area contributed by atoms with Crippen LogP contribution in [0.1, 0.15) is 19.8 Å². The Kier molecular flexibility index (Phi) is 2.87. The molecule has 74 valence electrons. The molecule has 2 N–H and O–H groups in total. The molecule has 5 nitrogen and oxygen atoms in total. The molecule has 0 bridgehead atoms. The van der Waals surface area contributed by atoms with E-state index in [9.17, 15) is 14.7 Å². The zero-order valence-corrected chi connectivity index (χ0v) is 7.43. The summed E-state index contributed by atoms with van der Waals surface area (Å²) in [7, 11) is 0. The topological polar surface area (TPSA) is 77.8 Å². The fraction of sp³-hybridized carbons (Fsp3) is 0.750. The van der Waals surface area contributed by atoms with Crippen molar-refractivity contribution in [1.82, 2.24) is 4.90 Å². The Bertz CT molecular complexity index is 228. The maximum atomic E-state index is 11.2. The van der Waals surface area contributed by atoms with Crippen molar-refractivity contribution in [3.05, 3.63) is 0 Å². The highest BCUT2D eigenvalue weighted by atomic mass is 16.4. The lowest BCUT2D eigenvalue weighted by Crippen LogP contribution is -2.40. The second-order valence-corrected chi connectivity index (χ2v) is 3.14. The van der Waals surface area contributed by atoms with E-state index in [1.807, 2.05) is 0 Å². The smallest absolute Gasteiger partial charge is 0.326 e. The molecule has 1 rings (SSSR count). The second-order valence-electron chi connectivity index (χ2n) is 3.14. The normalized spacial score (nSPS) is 27.7. The zero-order chi connectivity index (χ0) is 10.0. The van der Waals surface area contributed by atoms with Crippen molar-refractivity contribution in [1.29, 1.82) is 0 Å². The van der Waals surface area contributed by atoms with Gasteiger partial charge in [-0.2, -0.15) is 0 Å². The number of hydrogen-bond donors (Lipinski definition) is 2. The fourth-order valence-corrected chi connectivity index (χ4v) is 1.53. The third-order valence-corrected chi connectivity index (χ3v) is 2.19. The van der Waals surface area contributed by atoms with Gasteiger partial charge in [-0.15, -0.1) is 0 Å². The first kappa shape index (κ1) is 9.98. The number of aliphatic hydroxyl groups excluding tert-OH is 1. The Balaban J connectivity index is 2.71. The molecule has 1 saturated heterocycles. The van der Waals surface area contributed by atoms with E-state index in [0.29, 0.717) is 0 Å². The van der Waals surface area contributed by atoms with Crippen LogP contribution in [0.15, 0.2) is 0 Å². The number of carboxylic acid groups (broad SMARTS) is 1. The molecular weight excluding hydrogens is 174 g/mol. The maximum absolute atomic E-state index is 11.2. The zero-order valence-electron chi connectivity index (χ0n) is 7.43. The second kappa shape index (κ2) is 3.74. The molecule has 1 unspecified atom stereocenters. The molecule has 1 aliphatic heterocycles. The number of carbonyl (C=O) groups is 2. The number of likely N-dealkylation sites (tertiary alicyclic amines) is 1. The standard InChI is InChI=1S/C8H13NO4/c1-2-7(11)9-4-5(10)3-6(9)8(12)13/h5-6,10H,2-4H2,1H3,(H,12,13)/t5?,6-/m0/s1. The van der Waals surface area contributed by atoms with E-state index in [1.54, 1.807) is 6.92 Å². The van der Waals surface area contributed by atoms with Gasteiger partial charge in [0.25, 0.3) is 0 Å². The molecule has 2 atom stereocenters. The van der Waals surface area contributed by atoms with Crippen molar-refractivity contribution in [2.24, 2.45) is 0 Å². The largest absolute Gasteiger partial charge is 0.480 e. The molecule has 1 heterocycles. The number of rotatable bonds is 2. The lowest BCUT2D eigenvalue weighted by Gasteiger charge is -2.19. The Morgan fingerprint density at radius 1 is 1.54 bits per heavy atom. The predicted molar refractivity (Wildman–Crippen MR) is 44.1 cm³/mol. The predicted octanol–water partition coefficient (Wildman–Crippen LogP) is -0.557. The first-order chi connectivity index (χ1) is 6.06. The Morgan fingerprint density at radius 3 is 2.62 bits per heavy atom. The van der Waals surface area contributed by atoms with Gasteiger partial charge in [0.1, 0.15) is 6.04 Å². The van der Waals surface area contributed by atoms with E-state index in [1.165, 1.54) is 4.90 Å². The minimum atomic E-state index is -1.04. The molecular formula is C8H13NO4. The van der Waals surface area contributed by atoms with Gasteiger partial charge in [-0.05, 0) is 0 Å². The van der Waals surface area contributed by atoms with Crippen LogP contribution < -0.4 is 0 Å². The number of aliphatic carboxylic acids is 1.